The number of nitrogens with zero attached hydrogens (tertiary/aromatic N) is 2. The molecule has 1 aliphatic rings. The predicted molar refractivity (Wildman–Crippen MR) is 106 cm³/mol. The molecule has 2 atom stereocenters. The summed E-state index contributed by atoms with van der Waals surface area (Å²) in [7, 11) is 0. The predicted octanol–water partition coefficient (Wildman–Crippen LogP) is 4.77. The first-order chi connectivity index (χ1) is 13.0. The van der Waals surface area contributed by atoms with Gasteiger partial charge in [0.05, 0.1) is 5.69 Å². The molecule has 0 aliphatic carbocycles. The molecule has 0 spiro atoms. The van der Waals surface area contributed by atoms with Crippen molar-refractivity contribution in [3.63, 3.8) is 0 Å². The molecule has 0 amide bonds. The molecule has 0 bridgehead atoms. The molecule has 138 valence electrons. The third-order valence-corrected chi connectivity index (χ3v) is 5.32. The van der Waals surface area contributed by atoms with Crippen LogP contribution in [0, 0.1) is 19.7 Å². The number of benzene rings is 2. The van der Waals surface area contributed by atoms with E-state index in [1.54, 1.807) is 12.1 Å². The largest absolute Gasteiger partial charge is 0.324 e. The van der Waals surface area contributed by atoms with E-state index in [9.17, 15) is 4.39 Å². The number of halogens is 1. The van der Waals surface area contributed by atoms with Crippen molar-refractivity contribution in [1.82, 2.24) is 15.3 Å². The molecule has 4 rings (SSSR count). The summed E-state index contributed by atoms with van der Waals surface area (Å²) in [6.07, 6.45) is 0. The molecule has 2 heterocycles. The van der Waals surface area contributed by atoms with Crippen molar-refractivity contribution in [3.05, 3.63) is 82.4 Å². The van der Waals surface area contributed by atoms with Gasteiger partial charge in [-0.05, 0) is 61.7 Å². The molecule has 0 fully saturated rings. The van der Waals surface area contributed by atoms with E-state index >= 15 is 0 Å². The molecule has 1 aromatic heterocycles. The Hall–Kier alpha value is -2.79. The van der Waals surface area contributed by atoms with Gasteiger partial charge in [-0.2, -0.15) is 0 Å². The molecular weight excluding hydrogens is 339 g/mol. The van der Waals surface area contributed by atoms with Crippen LogP contribution in [0.15, 0.2) is 48.5 Å². The van der Waals surface area contributed by atoms with E-state index in [1.165, 1.54) is 23.3 Å². The number of nitrogens with one attached hydrogen (secondary N) is 2. The van der Waals surface area contributed by atoms with Crippen molar-refractivity contribution in [2.45, 2.75) is 32.7 Å². The fourth-order valence-corrected chi connectivity index (χ4v) is 3.69. The maximum Gasteiger partial charge on any atom is 0.227 e. The zero-order chi connectivity index (χ0) is 19.0. The molecule has 5 heteroatoms. The summed E-state index contributed by atoms with van der Waals surface area (Å²) in [6, 6.07) is 15.1. The monoisotopic (exact) mass is 362 g/mol. The van der Waals surface area contributed by atoms with Crippen LogP contribution in [0.25, 0.3) is 0 Å². The van der Waals surface area contributed by atoms with Crippen molar-refractivity contribution in [2.24, 2.45) is 0 Å². The van der Waals surface area contributed by atoms with Crippen molar-refractivity contribution in [2.75, 3.05) is 11.9 Å². The summed E-state index contributed by atoms with van der Waals surface area (Å²) in [5, 5.41) is 6.79. The first-order valence-corrected chi connectivity index (χ1v) is 9.23. The Bertz CT molecular complexity index is 969. The minimum absolute atomic E-state index is 0.174. The number of hydrogen-bond donors (Lipinski definition) is 2. The van der Waals surface area contributed by atoms with Crippen LogP contribution < -0.4 is 10.6 Å². The molecule has 2 unspecified atom stereocenters. The van der Waals surface area contributed by atoms with E-state index in [2.05, 4.69) is 53.7 Å². The third-order valence-electron chi connectivity index (χ3n) is 5.32. The second kappa shape index (κ2) is 7.08. The van der Waals surface area contributed by atoms with E-state index in [1.807, 2.05) is 6.92 Å². The quantitative estimate of drug-likeness (QED) is 0.704. The summed E-state index contributed by atoms with van der Waals surface area (Å²) in [5.74, 6) is 0.449. The van der Waals surface area contributed by atoms with E-state index in [4.69, 9.17) is 4.98 Å². The van der Waals surface area contributed by atoms with Gasteiger partial charge in [-0.15, -0.1) is 0 Å². The Morgan fingerprint density at radius 2 is 1.70 bits per heavy atom. The van der Waals surface area contributed by atoms with Crippen molar-refractivity contribution < 1.29 is 4.39 Å². The Morgan fingerprint density at radius 1 is 1.00 bits per heavy atom. The molecule has 1 aliphatic heterocycles. The summed E-state index contributed by atoms with van der Waals surface area (Å²) >= 11 is 0. The lowest BCUT2D eigenvalue weighted by atomic mass is 9.83. The Kier molecular flexibility index (Phi) is 4.62. The maximum atomic E-state index is 13.2. The van der Waals surface area contributed by atoms with Crippen LogP contribution in [0.3, 0.4) is 0 Å². The molecule has 0 saturated carbocycles. The standard InChI is InChI=1S/C22H23FN4/c1-13-14(2)25-22(26-17-10-8-16(23)9-11-17)27-21(13)20-12-24-15(3)18-6-4-5-7-19(18)20/h4-11,15,20,24H,12H2,1-3H3,(H,25,26,27). The molecule has 3 aromatic rings. The first-order valence-electron chi connectivity index (χ1n) is 9.23. The van der Waals surface area contributed by atoms with Crippen LogP contribution in [0.2, 0.25) is 0 Å². The van der Waals surface area contributed by atoms with Crippen LogP contribution in [0.5, 0.6) is 0 Å². The summed E-state index contributed by atoms with van der Waals surface area (Å²) in [5.41, 5.74) is 6.48. The summed E-state index contributed by atoms with van der Waals surface area (Å²) < 4.78 is 13.2. The van der Waals surface area contributed by atoms with E-state index in [-0.39, 0.29) is 11.7 Å². The van der Waals surface area contributed by atoms with Gasteiger partial charge in [0.2, 0.25) is 5.95 Å². The topological polar surface area (TPSA) is 49.8 Å². The molecule has 2 N–H and O–H groups in total. The van der Waals surface area contributed by atoms with E-state index in [0.717, 1.165) is 29.2 Å². The number of aryl methyl sites for hydroxylation is 1. The molecule has 27 heavy (non-hydrogen) atoms. The van der Waals surface area contributed by atoms with Gasteiger partial charge in [0.1, 0.15) is 5.82 Å². The molecule has 2 aromatic carbocycles. The lowest BCUT2D eigenvalue weighted by Gasteiger charge is -2.31. The van der Waals surface area contributed by atoms with Crippen LogP contribution >= 0.6 is 0 Å². The molecule has 0 saturated heterocycles. The number of anilines is 2. The van der Waals surface area contributed by atoms with Gasteiger partial charge in [-0.1, -0.05) is 24.3 Å². The van der Waals surface area contributed by atoms with Crippen LogP contribution in [-0.4, -0.2) is 16.5 Å². The van der Waals surface area contributed by atoms with Crippen molar-refractivity contribution in [1.29, 1.82) is 0 Å². The Morgan fingerprint density at radius 3 is 2.44 bits per heavy atom. The van der Waals surface area contributed by atoms with Crippen molar-refractivity contribution in [3.8, 4) is 0 Å². The number of aromatic nitrogens is 2. The second-order valence-corrected chi connectivity index (χ2v) is 7.09. The van der Waals surface area contributed by atoms with Gasteiger partial charge in [0, 0.05) is 29.9 Å². The minimum Gasteiger partial charge on any atom is -0.324 e. The third kappa shape index (κ3) is 3.43. The van der Waals surface area contributed by atoms with Gasteiger partial charge < -0.3 is 10.6 Å². The van der Waals surface area contributed by atoms with Gasteiger partial charge in [-0.3, -0.25) is 0 Å². The fraction of sp³-hybridized carbons (Fsp3) is 0.273. The lowest BCUT2D eigenvalue weighted by molar-refractivity contribution is 0.502. The second-order valence-electron chi connectivity index (χ2n) is 7.09. The highest BCUT2D eigenvalue weighted by atomic mass is 19.1. The molecule has 4 nitrogen and oxygen atoms in total. The highest BCUT2D eigenvalue weighted by Gasteiger charge is 2.28. The molecule has 0 radical (unpaired) electrons. The van der Waals surface area contributed by atoms with E-state index in [0.29, 0.717) is 12.0 Å². The highest BCUT2D eigenvalue weighted by Crippen LogP contribution is 2.35. The number of rotatable bonds is 3. The van der Waals surface area contributed by atoms with Gasteiger partial charge in [0.25, 0.3) is 0 Å². The average Bonchev–Trinajstić information content (AvgIpc) is 2.67. The highest BCUT2D eigenvalue weighted by molar-refractivity contribution is 5.54. The SMILES string of the molecule is Cc1nc(Nc2ccc(F)cc2)nc(C2CNC(C)c3ccccc32)c1C. The molecular formula is C22H23FN4. The van der Waals surface area contributed by atoms with Crippen LogP contribution in [0.4, 0.5) is 16.0 Å². The first kappa shape index (κ1) is 17.6. The van der Waals surface area contributed by atoms with Gasteiger partial charge >= 0.3 is 0 Å². The Labute approximate surface area is 158 Å². The van der Waals surface area contributed by atoms with Gasteiger partial charge in [0.15, 0.2) is 0 Å². The smallest absolute Gasteiger partial charge is 0.227 e. The normalized spacial score (nSPS) is 18.8. The fourth-order valence-electron chi connectivity index (χ4n) is 3.69. The average molecular weight is 362 g/mol. The maximum absolute atomic E-state index is 13.2. The minimum atomic E-state index is -0.263. The van der Waals surface area contributed by atoms with Crippen molar-refractivity contribution >= 4 is 11.6 Å². The zero-order valence-electron chi connectivity index (χ0n) is 15.8. The number of hydrogen-bond acceptors (Lipinski definition) is 4. The Balaban J connectivity index is 1.74. The number of fused-ring (bicyclic) bond motifs is 1. The van der Waals surface area contributed by atoms with E-state index < -0.39 is 0 Å². The summed E-state index contributed by atoms with van der Waals surface area (Å²) in [4.78, 5) is 9.42. The van der Waals surface area contributed by atoms with Crippen LogP contribution in [0.1, 0.15) is 47.0 Å². The summed E-state index contributed by atoms with van der Waals surface area (Å²) in [6.45, 7) is 7.11. The zero-order valence-corrected chi connectivity index (χ0v) is 15.8. The van der Waals surface area contributed by atoms with Crippen LogP contribution in [-0.2, 0) is 0 Å². The van der Waals surface area contributed by atoms with Gasteiger partial charge in [-0.25, -0.2) is 14.4 Å². The lowest BCUT2D eigenvalue weighted by Crippen LogP contribution is -2.33.